The molecule has 4 heteroatoms. The highest BCUT2D eigenvalue weighted by Crippen LogP contribution is 2.06. The van der Waals surface area contributed by atoms with Crippen molar-refractivity contribution in [3.05, 3.63) is 0 Å². The van der Waals surface area contributed by atoms with E-state index < -0.39 is 0 Å². The van der Waals surface area contributed by atoms with Gasteiger partial charge in [-0.2, -0.15) is 11.8 Å². The van der Waals surface area contributed by atoms with Crippen LogP contribution < -0.4 is 5.73 Å². The molecule has 0 bridgehead atoms. The SMILES string of the molecule is CCC(N)CC(=O)N(C)C(C)CSC. The maximum atomic E-state index is 11.7. The first kappa shape index (κ1) is 13.8. The lowest BCUT2D eigenvalue weighted by Crippen LogP contribution is -2.39. The molecule has 2 atom stereocenters. The lowest BCUT2D eigenvalue weighted by atomic mass is 10.1. The second-order valence-electron chi connectivity index (χ2n) is 3.68. The normalized spacial score (nSPS) is 14.9. The third kappa shape index (κ3) is 4.86. The van der Waals surface area contributed by atoms with Gasteiger partial charge in [-0.25, -0.2) is 0 Å². The van der Waals surface area contributed by atoms with Crippen LogP contribution in [0.5, 0.6) is 0 Å². The lowest BCUT2D eigenvalue weighted by molar-refractivity contribution is -0.131. The summed E-state index contributed by atoms with van der Waals surface area (Å²) in [4.78, 5) is 13.5. The van der Waals surface area contributed by atoms with Gasteiger partial charge in [0.2, 0.25) is 5.91 Å². The Morgan fingerprint density at radius 1 is 1.57 bits per heavy atom. The van der Waals surface area contributed by atoms with Crippen LogP contribution in [-0.4, -0.2) is 41.9 Å². The van der Waals surface area contributed by atoms with Gasteiger partial charge < -0.3 is 10.6 Å². The summed E-state index contributed by atoms with van der Waals surface area (Å²) in [6.07, 6.45) is 3.37. The second-order valence-corrected chi connectivity index (χ2v) is 4.59. The van der Waals surface area contributed by atoms with Crippen molar-refractivity contribution in [3.8, 4) is 0 Å². The predicted octanol–water partition coefficient (Wildman–Crippen LogP) is 1.32. The fourth-order valence-corrected chi connectivity index (χ4v) is 1.82. The highest BCUT2D eigenvalue weighted by molar-refractivity contribution is 7.98. The van der Waals surface area contributed by atoms with E-state index >= 15 is 0 Å². The van der Waals surface area contributed by atoms with Crippen LogP contribution in [0.15, 0.2) is 0 Å². The van der Waals surface area contributed by atoms with Crippen LogP contribution in [0.3, 0.4) is 0 Å². The van der Waals surface area contributed by atoms with E-state index in [4.69, 9.17) is 5.73 Å². The van der Waals surface area contributed by atoms with E-state index in [-0.39, 0.29) is 11.9 Å². The summed E-state index contributed by atoms with van der Waals surface area (Å²) in [6, 6.07) is 0.299. The van der Waals surface area contributed by atoms with E-state index in [9.17, 15) is 4.79 Å². The number of thioether (sulfide) groups is 1. The van der Waals surface area contributed by atoms with E-state index in [1.807, 2.05) is 20.2 Å². The van der Waals surface area contributed by atoms with Gasteiger partial charge in [0, 0.05) is 31.3 Å². The molecule has 0 spiro atoms. The Kier molecular flexibility index (Phi) is 7.01. The van der Waals surface area contributed by atoms with Crippen molar-refractivity contribution in [1.82, 2.24) is 4.90 Å². The number of amides is 1. The molecule has 3 nitrogen and oxygen atoms in total. The first-order chi connectivity index (χ1) is 6.52. The largest absolute Gasteiger partial charge is 0.342 e. The quantitative estimate of drug-likeness (QED) is 0.731. The van der Waals surface area contributed by atoms with E-state index in [1.165, 1.54) is 0 Å². The van der Waals surface area contributed by atoms with Crippen molar-refractivity contribution in [1.29, 1.82) is 0 Å². The zero-order valence-electron chi connectivity index (χ0n) is 9.62. The first-order valence-corrected chi connectivity index (χ1v) is 6.42. The Balaban J connectivity index is 3.98. The van der Waals surface area contributed by atoms with E-state index in [1.54, 1.807) is 16.7 Å². The van der Waals surface area contributed by atoms with Gasteiger partial charge in [0.15, 0.2) is 0 Å². The average Bonchev–Trinajstić information content (AvgIpc) is 2.16. The molecular formula is C10H22N2OS. The van der Waals surface area contributed by atoms with Crippen molar-refractivity contribution in [2.75, 3.05) is 19.1 Å². The molecule has 0 aliphatic rings. The van der Waals surface area contributed by atoms with Gasteiger partial charge in [0.25, 0.3) is 0 Å². The van der Waals surface area contributed by atoms with E-state index in [2.05, 4.69) is 6.92 Å². The summed E-state index contributed by atoms with van der Waals surface area (Å²) in [5, 5.41) is 0. The summed E-state index contributed by atoms with van der Waals surface area (Å²) in [6.45, 7) is 4.06. The van der Waals surface area contributed by atoms with Crippen LogP contribution in [-0.2, 0) is 4.79 Å². The molecule has 0 rings (SSSR count). The molecule has 0 aliphatic carbocycles. The Bertz CT molecular complexity index is 176. The van der Waals surface area contributed by atoms with Gasteiger partial charge in [-0.1, -0.05) is 6.92 Å². The topological polar surface area (TPSA) is 46.3 Å². The number of carbonyl (C=O) groups is 1. The highest BCUT2D eigenvalue weighted by atomic mass is 32.2. The maximum Gasteiger partial charge on any atom is 0.224 e. The molecule has 0 saturated carbocycles. The van der Waals surface area contributed by atoms with Crippen LogP contribution in [0.4, 0.5) is 0 Å². The molecule has 84 valence electrons. The van der Waals surface area contributed by atoms with Gasteiger partial charge in [-0.15, -0.1) is 0 Å². The van der Waals surface area contributed by atoms with Gasteiger partial charge in [-0.05, 0) is 19.6 Å². The van der Waals surface area contributed by atoms with Crippen LogP contribution in [0, 0.1) is 0 Å². The fourth-order valence-electron chi connectivity index (χ4n) is 1.11. The fraction of sp³-hybridized carbons (Fsp3) is 0.900. The van der Waals surface area contributed by atoms with Crippen LogP contribution in [0.1, 0.15) is 26.7 Å². The van der Waals surface area contributed by atoms with Gasteiger partial charge in [-0.3, -0.25) is 4.79 Å². The number of hydrogen-bond donors (Lipinski definition) is 1. The second kappa shape index (κ2) is 7.12. The molecule has 0 radical (unpaired) electrons. The summed E-state index contributed by atoms with van der Waals surface area (Å²) in [5.41, 5.74) is 5.73. The van der Waals surface area contributed by atoms with Crippen molar-refractivity contribution in [2.45, 2.75) is 38.8 Å². The summed E-state index contributed by atoms with van der Waals surface area (Å²) < 4.78 is 0. The minimum absolute atomic E-state index is 0.00595. The maximum absolute atomic E-state index is 11.7. The molecule has 1 amide bonds. The summed E-state index contributed by atoms with van der Waals surface area (Å²) in [5.74, 6) is 1.13. The Hall–Kier alpha value is -0.220. The van der Waals surface area contributed by atoms with Crippen molar-refractivity contribution in [3.63, 3.8) is 0 Å². The smallest absolute Gasteiger partial charge is 0.224 e. The molecule has 0 saturated heterocycles. The Labute approximate surface area is 91.4 Å². The first-order valence-electron chi connectivity index (χ1n) is 5.03. The molecule has 2 N–H and O–H groups in total. The molecule has 14 heavy (non-hydrogen) atoms. The Morgan fingerprint density at radius 2 is 2.14 bits per heavy atom. The molecule has 0 aromatic carbocycles. The summed E-state index contributed by atoms with van der Waals surface area (Å²) >= 11 is 1.75. The molecule has 0 heterocycles. The minimum atomic E-state index is 0.00595. The number of nitrogens with zero attached hydrogens (tertiary/aromatic N) is 1. The van der Waals surface area contributed by atoms with Gasteiger partial charge >= 0.3 is 0 Å². The van der Waals surface area contributed by atoms with Crippen LogP contribution in [0.25, 0.3) is 0 Å². The van der Waals surface area contributed by atoms with Crippen LogP contribution in [0.2, 0.25) is 0 Å². The standard InChI is InChI=1S/C10H22N2OS/c1-5-9(11)6-10(13)12(3)8(2)7-14-4/h8-9H,5-7,11H2,1-4H3. The van der Waals surface area contributed by atoms with Crippen molar-refractivity contribution in [2.24, 2.45) is 5.73 Å². The lowest BCUT2D eigenvalue weighted by Gasteiger charge is -2.25. The average molecular weight is 218 g/mol. The monoisotopic (exact) mass is 218 g/mol. The number of nitrogens with two attached hydrogens (primary N) is 1. The van der Waals surface area contributed by atoms with E-state index in [0.717, 1.165) is 12.2 Å². The van der Waals surface area contributed by atoms with Crippen molar-refractivity contribution < 1.29 is 4.79 Å². The third-order valence-electron chi connectivity index (χ3n) is 2.42. The van der Waals surface area contributed by atoms with Crippen molar-refractivity contribution >= 4 is 17.7 Å². The number of hydrogen-bond acceptors (Lipinski definition) is 3. The highest BCUT2D eigenvalue weighted by Gasteiger charge is 2.16. The molecule has 0 fully saturated rings. The molecular weight excluding hydrogens is 196 g/mol. The Morgan fingerprint density at radius 3 is 2.57 bits per heavy atom. The van der Waals surface area contributed by atoms with Crippen LogP contribution >= 0.6 is 11.8 Å². The molecule has 0 aromatic rings. The van der Waals surface area contributed by atoms with Gasteiger partial charge in [0.1, 0.15) is 0 Å². The van der Waals surface area contributed by atoms with Gasteiger partial charge in [0.05, 0.1) is 0 Å². The zero-order chi connectivity index (χ0) is 11.1. The molecule has 0 aromatic heterocycles. The van der Waals surface area contributed by atoms with E-state index in [0.29, 0.717) is 12.5 Å². The minimum Gasteiger partial charge on any atom is -0.342 e. The molecule has 2 unspecified atom stereocenters. The number of carbonyl (C=O) groups excluding carboxylic acids is 1. The zero-order valence-corrected chi connectivity index (χ0v) is 10.4. The summed E-state index contributed by atoms with van der Waals surface area (Å²) in [7, 11) is 1.85. The predicted molar refractivity (Wildman–Crippen MR) is 63.5 cm³/mol. The third-order valence-corrected chi connectivity index (χ3v) is 3.24. The molecule has 0 aliphatic heterocycles. The number of rotatable bonds is 6.